The van der Waals surface area contributed by atoms with E-state index in [1.165, 1.54) is 31.3 Å². The Labute approximate surface area is 148 Å². The molecule has 3 rings (SSSR count). The van der Waals surface area contributed by atoms with Crippen molar-refractivity contribution in [1.29, 1.82) is 0 Å². The zero-order valence-electron chi connectivity index (χ0n) is 12.8. The predicted molar refractivity (Wildman–Crippen MR) is 89.4 cm³/mol. The number of carbonyl (C=O) groups is 2. The number of hydrogen-bond acceptors (Lipinski definition) is 3. The zero-order valence-corrected chi connectivity index (χ0v) is 14.3. The van der Waals surface area contributed by atoms with E-state index in [-0.39, 0.29) is 5.02 Å². The minimum atomic E-state index is -1.65. The van der Waals surface area contributed by atoms with Crippen molar-refractivity contribution in [3.8, 4) is 0 Å². The van der Waals surface area contributed by atoms with Crippen LogP contribution in [0.5, 0.6) is 0 Å². The fourth-order valence-corrected chi connectivity index (χ4v) is 2.65. The first-order valence-electron chi connectivity index (χ1n) is 7.37. The Balaban J connectivity index is 1.87. The van der Waals surface area contributed by atoms with Crippen molar-refractivity contribution in [3.05, 3.63) is 51.8 Å². The van der Waals surface area contributed by atoms with Gasteiger partial charge in [-0.05, 0) is 37.5 Å². The largest absolute Gasteiger partial charge is 0.479 e. The molecule has 1 unspecified atom stereocenters. The van der Waals surface area contributed by atoms with Crippen molar-refractivity contribution in [2.24, 2.45) is 0 Å². The van der Waals surface area contributed by atoms with E-state index in [9.17, 15) is 14.7 Å². The summed E-state index contributed by atoms with van der Waals surface area (Å²) in [5, 5.41) is 16.9. The van der Waals surface area contributed by atoms with Gasteiger partial charge in [-0.15, -0.1) is 0 Å². The summed E-state index contributed by atoms with van der Waals surface area (Å²) in [4.78, 5) is 24.3. The van der Waals surface area contributed by atoms with Gasteiger partial charge < -0.3 is 10.4 Å². The highest BCUT2D eigenvalue weighted by atomic mass is 35.5. The molecule has 8 heteroatoms. The molecule has 1 aliphatic carbocycles. The van der Waals surface area contributed by atoms with Crippen LogP contribution in [0, 0.1) is 0 Å². The van der Waals surface area contributed by atoms with Gasteiger partial charge >= 0.3 is 5.97 Å². The predicted octanol–water partition coefficient (Wildman–Crippen LogP) is 3.25. The number of benzene rings is 1. The summed E-state index contributed by atoms with van der Waals surface area (Å²) in [7, 11) is 0. The Kier molecular flexibility index (Phi) is 4.27. The molecule has 2 aromatic rings. The molecule has 0 spiro atoms. The zero-order chi connectivity index (χ0) is 17.5. The van der Waals surface area contributed by atoms with Gasteiger partial charge in [-0.2, -0.15) is 5.10 Å². The van der Waals surface area contributed by atoms with E-state index < -0.39 is 17.4 Å². The maximum atomic E-state index is 12.5. The van der Waals surface area contributed by atoms with Crippen molar-refractivity contribution in [1.82, 2.24) is 15.1 Å². The second kappa shape index (κ2) is 6.11. The van der Waals surface area contributed by atoms with Crippen molar-refractivity contribution < 1.29 is 14.7 Å². The lowest BCUT2D eigenvalue weighted by Crippen LogP contribution is -2.49. The number of carbonyl (C=O) groups excluding carboxylic acids is 1. The first-order valence-corrected chi connectivity index (χ1v) is 8.12. The second-order valence-corrected chi connectivity index (χ2v) is 6.77. The van der Waals surface area contributed by atoms with E-state index in [1.807, 2.05) is 0 Å². The molecule has 1 heterocycles. The molecule has 1 aromatic carbocycles. The summed E-state index contributed by atoms with van der Waals surface area (Å²) in [6.07, 6.45) is 5.15. The summed E-state index contributed by atoms with van der Waals surface area (Å²) in [6.45, 7) is 1.40. The third-order valence-corrected chi connectivity index (χ3v) is 4.81. The Morgan fingerprint density at radius 2 is 2.04 bits per heavy atom. The molecule has 0 bridgehead atoms. The number of nitrogens with one attached hydrogen (secondary N) is 1. The van der Waals surface area contributed by atoms with E-state index in [0.717, 1.165) is 12.8 Å². The van der Waals surface area contributed by atoms with Crippen LogP contribution in [-0.2, 0) is 10.3 Å². The highest BCUT2D eigenvalue weighted by molar-refractivity contribution is 6.42. The van der Waals surface area contributed by atoms with Gasteiger partial charge in [0.15, 0.2) is 5.54 Å². The minimum Gasteiger partial charge on any atom is -0.479 e. The Morgan fingerprint density at radius 1 is 1.33 bits per heavy atom. The lowest BCUT2D eigenvalue weighted by atomic mass is 9.91. The molecule has 6 nitrogen and oxygen atoms in total. The van der Waals surface area contributed by atoms with E-state index in [2.05, 4.69) is 10.4 Å². The van der Waals surface area contributed by atoms with E-state index in [4.69, 9.17) is 23.2 Å². The molecule has 1 aromatic heterocycles. The summed E-state index contributed by atoms with van der Waals surface area (Å²) >= 11 is 11.8. The van der Waals surface area contributed by atoms with Crippen LogP contribution in [0.2, 0.25) is 10.0 Å². The molecule has 2 N–H and O–H groups in total. The summed E-state index contributed by atoms with van der Waals surface area (Å²) in [5.74, 6) is -1.72. The van der Waals surface area contributed by atoms with Crippen LogP contribution < -0.4 is 5.32 Å². The summed E-state index contributed by atoms with van der Waals surface area (Å²) in [6, 6.07) is 4.80. The fraction of sp³-hybridized carbons (Fsp3) is 0.312. The van der Waals surface area contributed by atoms with Crippen molar-refractivity contribution in [3.63, 3.8) is 0 Å². The van der Waals surface area contributed by atoms with E-state index in [1.54, 1.807) is 10.9 Å². The van der Waals surface area contributed by atoms with Gasteiger partial charge in [0.05, 0.1) is 27.8 Å². The average molecular weight is 368 g/mol. The van der Waals surface area contributed by atoms with Crippen molar-refractivity contribution >= 4 is 35.1 Å². The molecule has 0 aliphatic heterocycles. The van der Waals surface area contributed by atoms with Crippen molar-refractivity contribution in [2.75, 3.05) is 0 Å². The third kappa shape index (κ3) is 3.12. The number of carboxylic acids is 1. The van der Waals surface area contributed by atoms with Crippen LogP contribution in [0.1, 0.15) is 41.7 Å². The number of halogens is 2. The van der Waals surface area contributed by atoms with Crippen LogP contribution in [0.25, 0.3) is 0 Å². The number of carboxylic acid groups (broad SMARTS) is 1. The Morgan fingerprint density at radius 3 is 2.62 bits per heavy atom. The van der Waals surface area contributed by atoms with Gasteiger partial charge in [-0.1, -0.05) is 29.3 Å². The fourth-order valence-electron chi connectivity index (χ4n) is 2.35. The lowest BCUT2D eigenvalue weighted by Gasteiger charge is -2.27. The van der Waals surface area contributed by atoms with Gasteiger partial charge in [0.1, 0.15) is 0 Å². The van der Waals surface area contributed by atoms with Crippen molar-refractivity contribution in [2.45, 2.75) is 31.3 Å². The topological polar surface area (TPSA) is 84.2 Å². The van der Waals surface area contributed by atoms with Gasteiger partial charge in [-0.3, -0.25) is 9.48 Å². The molecule has 24 heavy (non-hydrogen) atoms. The maximum Gasteiger partial charge on any atom is 0.333 e. The standard InChI is InChI=1S/C16H15Cl2N3O3/c1-16(15(23)24,10-2-5-12(17)13(18)6-10)20-14(22)9-7-19-21(8-9)11-3-4-11/h2,5-8,11H,3-4H2,1H3,(H,20,22)(H,23,24). The molecular formula is C16H15Cl2N3O3. The smallest absolute Gasteiger partial charge is 0.333 e. The van der Waals surface area contributed by atoms with Crippen LogP contribution >= 0.6 is 23.2 Å². The molecule has 1 fully saturated rings. The highest BCUT2D eigenvalue weighted by Crippen LogP contribution is 2.34. The average Bonchev–Trinajstić information content (AvgIpc) is 3.26. The first-order chi connectivity index (χ1) is 11.3. The molecule has 1 amide bonds. The molecule has 1 aliphatic rings. The molecule has 1 atom stereocenters. The Hall–Kier alpha value is -2.05. The number of aliphatic carboxylic acids is 1. The SMILES string of the molecule is CC(NC(=O)c1cnn(C2CC2)c1)(C(=O)O)c1ccc(Cl)c(Cl)c1. The molecule has 126 valence electrons. The summed E-state index contributed by atoms with van der Waals surface area (Å²) < 4.78 is 1.73. The van der Waals surface area contributed by atoms with Gasteiger partial charge in [0.25, 0.3) is 5.91 Å². The van der Waals surface area contributed by atoms with Gasteiger partial charge in [0.2, 0.25) is 0 Å². The number of amides is 1. The van der Waals surface area contributed by atoms with E-state index >= 15 is 0 Å². The van der Waals surface area contributed by atoms with Crippen LogP contribution in [-0.4, -0.2) is 26.8 Å². The van der Waals surface area contributed by atoms with E-state index in [0.29, 0.717) is 22.2 Å². The first kappa shape index (κ1) is 16.8. The highest BCUT2D eigenvalue weighted by Gasteiger charge is 2.38. The summed E-state index contributed by atoms with van der Waals surface area (Å²) in [5.41, 5.74) is -1.01. The molecule has 0 radical (unpaired) electrons. The molecule has 0 saturated heterocycles. The maximum absolute atomic E-state index is 12.5. The van der Waals surface area contributed by atoms with Gasteiger partial charge in [0, 0.05) is 6.20 Å². The monoisotopic (exact) mass is 367 g/mol. The number of rotatable bonds is 5. The quantitative estimate of drug-likeness (QED) is 0.849. The van der Waals surface area contributed by atoms with Crippen LogP contribution in [0.4, 0.5) is 0 Å². The second-order valence-electron chi connectivity index (χ2n) is 5.95. The van der Waals surface area contributed by atoms with Gasteiger partial charge in [-0.25, -0.2) is 4.79 Å². The third-order valence-electron chi connectivity index (χ3n) is 4.07. The number of hydrogen-bond donors (Lipinski definition) is 2. The van der Waals surface area contributed by atoms with Crippen LogP contribution in [0.15, 0.2) is 30.6 Å². The molecule has 1 saturated carbocycles. The minimum absolute atomic E-state index is 0.220. The lowest BCUT2D eigenvalue weighted by molar-refractivity contribution is -0.144. The molecular weight excluding hydrogens is 353 g/mol. The Bertz CT molecular complexity index is 817. The number of nitrogens with zero attached hydrogens (tertiary/aromatic N) is 2. The number of aromatic nitrogens is 2. The van der Waals surface area contributed by atoms with Crippen LogP contribution in [0.3, 0.4) is 0 Å². The normalized spacial score (nSPS) is 16.5.